The molecule has 0 amide bonds. The number of nitrogens with one attached hydrogen (secondary N) is 1. The average molecular weight is 296 g/mol. The van der Waals surface area contributed by atoms with Gasteiger partial charge in [-0.15, -0.1) is 0 Å². The number of nitrogens with zero attached hydrogens (tertiary/aromatic N) is 2. The Morgan fingerprint density at radius 1 is 1.45 bits per heavy atom. The molecule has 4 heteroatoms. The molecule has 1 aliphatic carbocycles. The van der Waals surface area contributed by atoms with Crippen molar-refractivity contribution in [1.82, 2.24) is 10.3 Å². The largest absolute Gasteiger partial charge is 0.359 e. The fourth-order valence-corrected chi connectivity index (χ4v) is 2.44. The fraction of sp³-hybridized carbons (Fsp3) is 0.688. The van der Waals surface area contributed by atoms with Gasteiger partial charge >= 0.3 is 0 Å². The van der Waals surface area contributed by atoms with E-state index in [9.17, 15) is 0 Å². The number of rotatable bonds is 5. The van der Waals surface area contributed by atoms with Crippen molar-refractivity contribution < 1.29 is 0 Å². The quantitative estimate of drug-likeness (QED) is 0.897. The lowest BCUT2D eigenvalue weighted by molar-refractivity contribution is 0.424. The van der Waals surface area contributed by atoms with Gasteiger partial charge in [0.15, 0.2) is 0 Å². The minimum atomic E-state index is 0.0854. The molecule has 3 nitrogen and oxygen atoms in total. The lowest BCUT2D eigenvalue weighted by Gasteiger charge is -2.22. The van der Waals surface area contributed by atoms with Gasteiger partial charge in [-0.25, -0.2) is 4.98 Å². The van der Waals surface area contributed by atoms with Crippen LogP contribution in [0, 0.1) is 11.8 Å². The van der Waals surface area contributed by atoms with Crippen LogP contribution < -0.4 is 10.2 Å². The zero-order chi connectivity index (χ0) is 14.9. The third-order valence-corrected chi connectivity index (χ3v) is 4.25. The van der Waals surface area contributed by atoms with E-state index in [0.29, 0.717) is 0 Å². The molecule has 2 unspecified atom stereocenters. The van der Waals surface area contributed by atoms with Crippen molar-refractivity contribution in [2.45, 2.75) is 46.2 Å². The molecule has 2 rings (SSSR count). The highest BCUT2D eigenvalue weighted by atomic mass is 35.5. The first-order chi connectivity index (χ1) is 9.26. The molecule has 0 saturated heterocycles. The molecule has 0 radical (unpaired) electrons. The Hall–Kier alpha value is -0.800. The highest BCUT2D eigenvalue weighted by Gasteiger charge is 2.33. The number of hydrogen-bond acceptors (Lipinski definition) is 3. The lowest BCUT2D eigenvalue weighted by atomic mass is 10.1. The summed E-state index contributed by atoms with van der Waals surface area (Å²) in [5.74, 6) is 2.71. The number of halogens is 1. The Kier molecular flexibility index (Phi) is 4.60. The van der Waals surface area contributed by atoms with Crippen molar-refractivity contribution in [2.75, 3.05) is 18.5 Å². The second-order valence-electron chi connectivity index (χ2n) is 7.09. The zero-order valence-electron chi connectivity index (χ0n) is 13.2. The van der Waals surface area contributed by atoms with Crippen LogP contribution in [0.15, 0.2) is 12.3 Å². The summed E-state index contributed by atoms with van der Waals surface area (Å²) in [6.07, 6.45) is 3.11. The van der Waals surface area contributed by atoms with Crippen LogP contribution in [0.25, 0.3) is 0 Å². The Labute approximate surface area is 127 Å². The van der Waals surface area contributed by atoms with Crippen molar-refractivity contribution in [1.29, 1.82) is 0 Å². The second-order valence-corrected chi connectivity index (χ2v) is 7.50. The monoisotopic (exact) mass is 295 g/mol. The standard InChI is InChI=1S/C16H26ClN3/c1-11-6-13(11)10-20(5)15-7-12(14(17)9-18-15)8-19-16(2,3)4/h7,9,11,13,19H,6,8,10H2,1-5H3. The van der Waals surface area contributed by atoms with Gasteiger partial charge < -0.3 is 10.2 Å². The van der Waals surface area contributed by atoms with E-state index in [-0.39, 0.29) is 5.54 Å². The summed E-state index contributed by atoms with van der Waals surface area (Å²) in [4.78, 5) is 6.70. The van der Waals surface area contributed by atoms with E-state index in [1.165, 1.54) is 6.42 Å². The highest BCUT2D eigenvalue weighted by Crippen LogP contribution is 2.38. The molecule has 1 fully saturated rings. The first-order valence-electron chi connectivity index (χ1n) is 7.37. The predicted molar refractivity (Wildman–Crippen MR) is 86.4 cm³/mol. The molecule has 20 heavy (non-hydrogen) atoms. The number of aromatic nitrogens is 1. The van der Waals surface area contributed by atoms with E-state index in [1.54, 1.807) is 6.20 Å². The van der Waals surface area contributed by atoms with Gasteiger partial charge in [-0.1, -0.05) is 18.5 Å². The minimum Gasteiger partial charge on any atom is -0.359 e. The van der Waals surface area contributed by atoms with E-state index in [1.807, 2.05) is 0 Å². The molecular weight excluding hydrogens is 270 g/mol. The molecule has 0 aromatic carbocycles. The second kappa shape index (κ2) is 5.90. The third kappa shape index (κ3) is 4.35. The molecular formula is C16H26ClN3. The van der Waals surface area contributed by atoms with Crippen LogP contribution >= 0.6 is 11.6 Å². The smallest absolute Gasteiger partial charge is 0.128 e. The van der Waals surface area contributed by atoms with E-state index < -0.39 is 0 Å². The van der Waals surface area contributed by atoms with Gasteiger partial charge in [0, 0.05) is 31.9 Å². The normalized spacial score (nSPS) is 21.9. The Morgan fingerprint density at radius 3 is 2.65 bits per heavy atom. The van der Waals surface area contributed by atoms with Crippen molar-refractivity contribution in [2.24, 2.45) is 11.8 Å². The molecule has 0 bridgehead atoms. The van der Waals surface area contributed by atoms with E-state index in [4.69, 9.17) is 11.6 Å². The van der Waals surface area contributed by atoms with Crippen LogP contribution in [-0.2, 0) is 6.54 Å². The summed E-state index contributed by atoms with van der Waals surface area (Å²) in [6, 6.07) is 2.11. The number of hydrogen-bond donors (Lipinski definition) is 1. The summed E-state index contributed by atoms with van der Waals surface area (Å²) >= 11 is 6.25. The minimum absolute atomic E-state index is 0.0854. The Bertz CT molecular complexity index is 467. The maximum atomic E-state index is 6.25. The van der Waals surface area contributed by atoms with Crippen LogP contribution in [0.4, 0.5) is 5.82 Å². The molecule has 1 N–H and O–H groups in total. The highest BCUT2D eigenvalue weighted by molar-refractivity contribution is 6.31. The topological polar surface area (TPSA) is 28.2 Å². The van der Waals surface area contributed by atoms with Crippen LogP contribution in [0.5, 0.6) is 0 Å². The van der Waals surface area contributed by atoms with E-state index in [0.717, 1.165) is 41.3 Å². The summed E-state index contributed by atoms with van der Waals surface area (Å²) < 4.78 is 0. The van der Waals surface area contributed by atoms with Gasteiger partial charge in [-0.2, -0.15) is 0 Å². The van der Waals surface area contributed by atoms with Gasteiger partial charge in [-0.05, 0) is 50.7 Å². The van der Waals surface area contributed by atoms with Crippen LogP contribution in [0.2, 0.25) is 5.02 Å². The predicted octanol–water partition coefficient (Wildman–Crippen LogP) is 3.72. The lowest BCUT2D eigenvalue weighted by Crippen LogP contribution is -2.35. The molecule has 112 valence electrons. The average Bonchev–Trinajstić information content (AvgIpc) is 3.02. The van der Waals surface area contributed by atoms with Gasteiger partial charge in [0.1, 0.15) is 5.82 Å². The van der Waals surface area contributed by atoms with Crippen LogP contribution in [-0.4, -0.2) is 24.1 Å². The molecule has 0 aliphatic heterocycles. The number of anilines is 1. The molecule has 1 aromatic rings. The maximum Gasteiger partial charge on any atom is 0.128 e. The summed E-state index contributed by atoms with van der Waals surface area (Å²) in [5.41, 5.74) is 1.20. The SMILES string of the molecule is CC1CC1CN(C)c1cc(CNC(C)(C)C)c(Cl)cn1. The first kappa shape index (κ1) is 15.6. The molecule has 1 saturated carbocycles. The summed E-state index contributed by atoms with van der Waals surface area (Å²) in [6.45, 7) is 10.6. The molecule has 1 heterocycles. The first-order valence-corrected chi connectivity index (χ1v) is 7.74. The van der Waals surface area contributed by atoms with Gasteiger partial charge in [-0.3, -0.25) is 0 Å². The van der Waals surface area contributed by atoms with Crippen LogP contribution in [0.3, 0.4) is 0 Å². The van der Waals surface area contributed by atoms with Crippen molar-refractivity contribution >= 4 is 17.4 Å². The fourth-order valence-electron chi connectivity index (χ4n) is 2.27. The maximum absolute atomic E-state index is 6.25. The summed E-state index contributed by atoms with van der Waals surface area (Å²) in [7, 11) is 2.11. The molecule has 1 aliphatic rings. The van der Waals surface area contributed by atoms with Gasteiger partial charge in [0.05, 0.1) is 5.02 Å². The van der Waals surface area contributed by atoms with Crippen molar-refractivity contribution in [3.05, 3.63) is 22.8 Å². The van der Waals surface area contributed by atoms with Crippen molar-refractivity contribution in [3.63, 3.8) is 0 Å². The third-order valence-electron chi connectivity index (χ3n) is 3.91. The van der Waals surface area contributed by atoms with Crippen LogP contribution in [0.1, 0.15) is 39.7 Å². The molecule has 0 spiro atoms. The summed E-state index contributed by atoms with van der Waals surface area (Å²) in [5, 5.41) is 4.21. The zero-order valence-corrected chi connectivity index (χ0v) is 14.0. The van der Waals surface area contributed by atoms with Gasteiger partial charge in [0.25, 0.3) is 0 Å². The van der Waals surface area contributed by atoms with E-state index in [2.05, 4.69) is 56.0 Å². The van der Waals surface area contributed by atoms with Gasteiger partial charge in [0.2, 0.25) is 0 Å². The van der Waals surface area contributed by atoms with Crippen molar-refractivity contribution in [3.8, 4) is 0 Å². The Morgan fingerprint density at radius 2 is 2.10 bits per heavy atom. The number of pyridine rings is 1. The molecule has 1 aromatic heterocycles. The molecule has 2 atom stereocenters. The van der Waals surface area contributed by atoms with E-state index >= 15 is 0 Å². The Balaban J connectivity index is 2.03.